The minimum atomic E-state index is -0.611. The summed E-state index contributed by atoms with van der Waals surface area (Å²) in [5.74, 6) is 1.42. The molecule has 0 saturated heterocycles. The Morgan fingerprint density at radius 1 is 1.03 bits per heavy atom. The maximum atomic E-state index is 12.8. The number of hydrogen-bond acceptors (Lipinski definition) is 5. The molecule has 0 saturated carbocycles. The van der Waals surface area contributed by atoms with Gasteiger partial charge >= 0.3 is 11.2 Å². The Bertz CT molecular complexity index is 1330. The number of nitrogens with one attached hydrogen (secondary N) is 2. The first-order chi connectivity index (χ1) is 14.6. The van der Waals surface area contributed by atoms with Crippen molar-refractivity contribution in [2.45, 2.75) is 19.8 Å². The van der Waals surface area contributed by atoms with Crippen molar-refractivity contribution >= 4 is 28.2 Å². The molecule has 0 fully saturated rings. The van der Waals surface area contributed by atoms with Gasteiger partial charge in [-0.3, -0.25) is 4.79 Å². The van der Waals surface area contributed by atoms with E-state index in [0.29, 0.717) is 23.4 Å². The van der Waals surface area contributed by atoms with Gasteiger partial charge in [-0.05, 0) is 48.4 Å². The molecule has 4 rings (SSSR count). The van der Waals surface area contributed by atoms with Crippen LogP contribution in [0.4, 0.5) is 0 Å². The highest BCUT2D eigenvalue weighted by Crippen LogP contribution is 2.24. The van der Waals surface area contributed by atoms with Crippen molar-refractivity contribution in [3.8, 4) is 11.5 Å². The summed E-state index contributed by atoms with van der Waals surface area (Å²) >= 11 is 0. The molecule has 2 N–H and O–H groups in total. The van der Waals surface area contributed by atoms with Crippen molar-refractivity contribution in [3.05, 3.63) is 68.9 Å². The van der Waals surface area contributed by atoms with E-state index in [0.717, 1.165) is 34.2 Å². The summed E-state index contributed by atoms with van der Waals surface area (Å²) in [6.45, 7) is 2.78. The third-order valence-corrected chi connectivity index (χ3v) is 4.81. The molecule has 8 nitrogen and oxygen atoms in total. The van der Waals surface area contributed by atoms with Crippen molar-refractivity contribution in [1.29, 1.82) is 0 Å². The van der Waals surface area contributed by atoms with Gasteiger partial charge in [0.05, 0.1) is 31.0 Å². The lowest BCUT2D eigenvalue weighted by Gasteiger charge is -2.04. The van der Waals surface area contributed by atoms with Crippen molar-refractivity contribution in [1.82, 2.24) is 14.6 Å². The third-order valence-electron chi connectivity index (χ3n) is 4.81. The Labute approximate surface area is 171 Å². The number of H-pyrrole nitrogens is 2. The van der Waals surface area contributed by atoms with Crippen molar-refractivity contribution in [2.75, 3.05) is 13.7 Å². The molecule has 0 spiro atoms. The second-order valence-electron chi connectivity index (χ2n) is 6.85. The Morgan fingerprint density at radius 2 is 1.80 bits per heavy atom. The van der Waals surface area contributed by atoms with Gasteiger partial charge in [0.25, 0.3) is 0 Å². The molecule has 0 aliphatic carbocycles. The van der Waals surface area contributed by atoms with Gasteiger partial charge in [0, 0.05) is 11.5 Å². The molecule has 0 bridgehead atoms. The second kappa shape index (κ2) is 8.28. The van der Waals surface area contributed by atoms with Crippen LogP contribution in [0.5, 0.6) is 11.5 Å². The molecule has 2 heterocycles. The summed E-state index contributed by atoms with van der Waals surface area (Å²) in [4.78, 5) is 31.1. The van der Waals surface area contributed by atoms with Gasteiger partial charge in [-0.2, -0.15) is 5.10 Å². The van der Waals surface area contributed by atoms with Crippen molar-refractivity contribution < 1.29 is 9.47 Å². The first-order valence-electron chi connectivity index (χ1n) is 9.72. The maximum absolute atomic E-state index is 12.8. The van der Waals surface area contributed by atoms with Crippen LogP contribution in [0.25, 0.3) is 21.9 Å². The van der Waals surface area contributed by atoms with E-state index in [1.54, 1.807) is 25.3 Å². The summed E-state index contributed by atoms with van der Waals surface area (Å²) in [5, 5.41) is 4.82. The van der Waals surface area contributed by atoms with Gasteiger partial charge in [0.15, 0.2) is 0 Å². The number of benzene rings is 2. The average molecular weight is 406 g/mol. The fraction of sp³-hybridized carbons (Fsp3) is 0.227. The summed E-state index contributed by atoms with van der Waals surface area (Å²) in [5.41, 5.74) is 1.01. The first-order valence-corrected chi connectivity index (χ1v) is 9.72. The molecular formula is C22H22N4O4. The highest BCUT2D eigenvalue weighted by atomic mass is 16.5. The Hall–Kier alpha value is -3.81. The number of aromatic nitrogens is 3. The molecular weight excluding hydrogens is 384 g/mol. The smallest absolute Gasteiger partial charge is 0.350 e. The van der Waals surface area contributed by atoms with Gasteiger partial charge in [0.2, 0.25) is 0 Å². The molecule has 0 amide bonds. The van der Waals surface area contributed by atoms with Crippen molar-refractivity contribution in [3.63, 3.8) is 0 Å². The second-order valence-corrected chi connectivity index (χ2v) is 6.85. The molecule has 2 aromatic carbocycles. The highest BCUT2D eigenvalue weighted by Gasteiger charge is 2.13. The number of nitrogens with zero attached hydrogens (tertiary/aromatic N) is 2. The van der Waals surface area contributed by atoms with Crippen LogP contribution < -0.4 is 20.7 Å². The summed E-state index contributed by atoms with van der Waals surface area (Å²) in [6.07, 6.45) is 3.53. The Morgan fingerprint density at radius 3 is 2.53 bits per heavy atom. The van der Waals surface area contributed by atoms with E-state index in [1.807, 2.05) is 24.3 Å². The normalized spacial score (nSPS) is 11.5. The standard InChI is InChI=1S/C22H22N4O4/c1-3-4-11-30-15-7-5-14(6-8-15)13-23-26-21(27)20-19(25-22(26)28)17-10-9-16(29-2)12-18(17)24-20/h5-10,12-13,24H,3-4,11H2,1-2H3,(H,25,28)/b23-13-. The number of ether oxygens (including phenoxy) is 2. The SMILES string of the molecule is CCCCOc1ccc(/C=N\n2c(=O)[nH]c3c([nH]c4cc(OC)ccc43)c2=O)cc1. The number of aromatic amines is 2. The fourth-order valence-electron chi connectivity index (χ4n) is 3.17. The topological polar surface area (TPSA) is 101 Å². The zero-order valence-electron chi connectivity index (χ0n) is 16.8. The van der Waals surface area contributed by atoms with Gasteiger partial charge < -0.3 is 19.4 Å². The van der Waals surface area contributed by atoms with E-state index in [1.165, 1.54) is 6.21 Å². The number of rotatable bonds is 7. The van der Waals surface area contributed by atoms with Crippen LogP contribution in [0.3, 0.4) is 0 Å². The molecule has 4 aromatic rings. The molecule has 0 aliphatic rings. The van der Waals surface area contributed by atoms with Gasteiger partial charge in [-0.1, -0.05) is 13.3 Å². The van der Waals surface area contributed by atoms with Crippen LogP contribution in [0.15, 0.2) is 57.2 Å². The van der Waals surface area contributed by atoms with Gasteiger partial charge in [-0.25, -0.2) is 4.79 Å². The summed E-state index contributed by atoms with van der Waals surface area (Å²) < 4.78 is 11.6. The van der Waals surface area contributed by atoms with Crippen LogP contribution in [0, 0.1) is 0 Å². The molecule has 30 heavy (non-hydrogen) atoms. The molecule has 0 unspecified atom stereocenters. The van der Waals surface area contributed by atoms with Gasteiger partial charge in [0.1, 0.15) is 17.0 Å². The lowest BCUT2D eigenvalue weighted by atomic mass is 10.2. The maximum Gasteiger partial charge on any atom is 0.350 e. The third kappa shape index (κ3) is 3.71. The van der Waals surface area contributed by atoms with Crippen molar-refractivity contribution in [2.24, 2.45) is 5.10 Å². The summed E-state index contributed by atoms with van der Waals surface area (Å²) in [6, 6.07) is 12.6. The van der Waals surface area contributed by atoms with Crippen LogP contribution in [-0.4, -0.2) is 34.6 Å². The summed E-state index contributed by atoms with van der Waals surface area (Å²) in [7, 11) is 1.57. The van der Waals surface area contributed by atoms with E-state index in [-0.39, 0.29) is 5.52 Å². The number of unbranched alkanes of at least 4 members (excludes halogenated alkanes) is 1. The Balaban J connectivity index is 1.66. The number of fused-ring (bicyclic) bond motifs is 3. The minimum absolute atomic E-state index is 0.273. The molecule has 154 valence electrons. The predicted molar refractivity (Wildman–Crippen MR) is 117 cm³/mol. The number of methoxy groups -OCH3 is 1. The molecule has 0 aliphatic heterocycles. The van der Waals surface area contributed by atoms with E-state index < -0.39 is 11.2 Å². The van der Waals surface area contributed by atoms with E-state index in [2.05, 4.69) is 22.0 Å². The van der Waals surface area contributed by atoms with Crippen LogP contribution in [0.1, 0.15) is 25.3 Å². The zero-order valence-corrected chi connectivity index (χ0v) is 16.8. The fourth-order valence-corrected chi connectivity index (χ4v) is 3.17. The van der Waals surface area contributed by atoms with E-state index in [9.17, 15) is 9.59 Å². The largest absolute Gasteiger partial charge is 0.497 e. The van der Waals surface area contributed by atoms with Crippen LogP contribution in [-0.2, 0) is 0 Å². The van der Waals surface area contributed by atoms with E-state index in [4.69, 9.17) is 9.47 Å². The predicted octanol–water partition coefficient (Wildman–Crippen LogP) is 3.24. The molecule has 0 radical (unpaired) electrons. The molecule has 8 heteroatoms. The Kier molecular flexibility index (Phi) is 5.38. The van der Waals surface area contributed by atoms with E-state index >= 15 is 0 Å². The molecule has 0 atom stereocenters. The zero-order chi connectivity index (χ0) is 21.1. The van der Waals surface area contributed by atoms with Crippen LogP contribution >= 0.6 is 0 Å². The van der Waals surface area contributed by atoms with Crippen LogP contribution in [0.2, 0.25) is 0 Å². The lowest BCUT2D eigenvalue weighted by molar-refractivity contribution is 0.309. The van der Waals surface area contributed by atoms with Gasteiger partial charge in [-0.15, -0.1) is 4.68 Å². The first kappa shape index (κ1) is 19.5. The monoisotopic (exact) mass is 406 g/mol. The minimum Gasteiger partial charge on any atom is -0.497 e. The lowest BCUT2D eigenvalue weighted by Crippen LogP contribution is -2.32. The quantitative estimate of drug-likeness (QED) is 0.363. The molecule has 2 aromatic heterocycles. The number of hydrogen-bond donors (Lipinski definition) is 2. The average Bonchev–Trinajstić information content (AvgIpc) is 3.12. The highest BCUT2D eigenvalue weighted by molar-refractivity contribution is 6.04.